The zero-order valence-electron chi connectivity index (χ0n) is 12.3. The molecule has 2 aliphatic rings. The maximum Gasteiger partial charge on any atom is 0.220 e. The van der Waals surface area contributed by atoms with E-state index in [0.717, 1.165) is 42.8 Å². The second kappa shape index (κ2) is 5.66. The zero-order chi connectivity index (χ0) is 15.0. The molecule has 1 fully saturated rings. The van der Waals surface area contributed by atoms with Gasteiger partial charge in [0, 0.05) is 11.5 Å². The van der Waals surface area contributed by atoms with E-state index >= 15 is 0 Å². The highest BCUT2D eigenvalue weighted by Crippen LogP contribution is 2.39. The normalized spacial score (nSPS) is 27.0. The summed E-state index contributed by atoms with van der Waals surface area (Å²) in [6.45, 7) is 3.90. The first-order valence-electron chi connectivity index (χ1n) is 7.51. The number of nitrogens with two attached hydrogens (primary N) is 1. The number of nitrogens with zero attached hydrogens (tertiary/aromatic N) is 1. The molecule has 1 saturated heterocycles. The van der Waals surface area contributed by atoms with Gasteiger partial charge in [-0.3, -0.25) is 9.69 Å². The van der Waals surface area contributed by atoms with Gasteiger partial charge in [0.05, 0.1) is 6.04 Å². The fraction of sp³-hybridized carbons (Fsp3) is 0.562. The average molecular weight is 290 g/mol. The smallest absolute Gasteiger partial charge is 0.220 e. The molecule has 2 unspecified atom stereocenters. The topological polar surface area (TPSA) is 75.8 Å². The Labute approximate surface area is 124 Å². The van der Waals surface area contributed by atoms with Gasteiger partial charge in [-0.2, -0.15) is 0 Å². The van der Waals surface area contributed by atoms with Gasteiger partial charge in [0.2, 0.25) is 5.91 Å². The van der Waals surface area contributed by atoms with Gasteiger partial charge in [0.15, 0.2) is 0 Å². The number of aliphatic hydroxyl groups is 1. The van der Waals surface area contributed by atoms with Crippen LogP contribution in [0.1, 0.15) is 30.0 Å². The number of hydrogen-bond donors (Lipinski definition) is 2. The molecule has 21 heavy (non-hydrogen) atoms. The number of rotatable bonds is 2. The lowest BCUT2D eigenvalue weighted by molar-refractivity contribution is -0.123. The Bertz CT molecular complexity index is 538. The predicted molar refractivity (Wildman–Crippen MR) is 78.9 cm³/mol. The van der Waals surface area contributed by atoms with Crippen LogP contribution in [0.25, 0.3) is 0 Å². The number of benzene rings is 1. The van der Waals surface area contributed by atoms with E-state index in [0.29, 0.717) is 6.61 Å². The third kappa shape index (κ3) is 2.63. The molecular formula is C16H22N2O3. The van der Waals surface area contributed by atoms with Gasteiger partial charge in [-0.15, -0.1) is 0 Å². The summed E-state index contributed by atoms with van der Waals surface area (Å²) in [5, 5.41) is 10.4. The Kier molecular flexibility index (Phi) is 3.87. The van der Waals surface area contributed by atoms with Crippen LogP contribution in [-0.4, -0.2) is 41.7 Å². The van der Waals surface area contributed by atoms with Crippen molar-refractivity contribution < 1.29 is 14.6 Å². The van der Waals surface area contributed by atoms with Gasteiger partial charge < -0.3 is 15.6 Å². The highest BCUT2D eigenvalue weighted by atomic mass is 16.5. The third-order valence-electron chi connectivity index (χ3n) is 4.65. The van der Waals surface area contributed by atoms with Gasteiger partial charge in [-0.1, -0.05) is 18.2 Å². The van der Waals surface area contributed by atoms with Gasteiger partial charge in [0.25, 0.3) is 0 Å². The second-order valence-electron chi connectivity index (χ2n) is 6.03. The van der Waals surface area contributed by atoms with Crippen molar-refractivity contribution in [1.29, 1.82) is 0 Å². The molecule has 0 saturated carbocycles. The summed E-state index contributed by atoms with van der Waals surface area (Å²) in [5.74, 6) is 0.651. The van der Waals surface area contributed by atoms with Crippen LogP contribution in [0, 0.1) is 12.8 Å². The first-order chi connectivity index (χ1) is 10.1. The van der Waals surface area contributed by atoms with E-state index in [2.05, 4.69) is 4.90 Å². The molecule has 0 aromatic heterocycles. The Morgan fingerprint density at radius 2 is 2.10 bits per heavy atom. The van der Waals surface area contributed by atoms with Gasteiger partial charge in [-0.05, 0) is 38.4 Å². The number of piperidine rings is 1. The number of ether oxygens (including phenoxy) is 1. The molecule has 1 aromatic rings. The monoisotopic (exact) mass is 290 g/mol. The Morgan fingerprint density at radius 3 is 2.76 bits per heavy atom. The molecule has 2 aliphatic heterocycles. The summed E-state index contributed by atoms with van der Waals surface area (Å²) in [5.41, 5.74) is 7.53. The van der Waals surface area contributed by atoms with E-state index in [9.17, 15) is 9.90 Å². The van der Waals surface area contributed by atoms with Crippen LogP contribution in [0.5, 0.6) is 5.75 Å². The number of aliphatic hydroxyl groups excluding tert-OH is 1. The molecule has 0 spiro atoms. The number of likely N-dealkylation sites (tertiary alicyclic amines) is 1. The number of amides is 1. The summed E-state index contributed by atoms with van der Waals surface area (Å²) in [6, 6.07) is 5.99. The van der Waals surface area contributed by atoms with Crippen molar-refractivity contribution in [1.82, 2.24) is 4.90 Å². The van der Waals surface area contributed by atoms with Crippen LogP contribution >= 0.6 is 0 Å². The molecule has 2 heterocycles. The van der Waals surface area contributed by atoms with E-state index < -0.39 is 6.10 Å². The van der Waals surface area contributed by atoms with E-state index in [1.54, 1.807) is 0 Å². The van der Waals surface area contributed by atoms with Crippen LogP contribution < -0.4 is 10.5 Å². The summed E-state index contributed by atoms with van der Waals surface area (Å²) in [4.78, 5) is 13.5. The number of aryl methyl sites for hydroxylation is 1. The maximum absolute atomic E-state index is 11.3. The SMILES string of the molecule is Cc1cccc2c1OCC(O)C2N1CCC(C(N)=O)CC1. The lowest BCUT2D eigenvalue weighted by Gasteiger charge is -2.42. The number of primary amides is 1. The van der Waals surface area contributed by atoms with Gasteiger partial charge >= 0.3 is 0 Å². The highest BCUT2D eigenvalue weighted by molar-refractivity contribution is 5.76. The molecule has 2 atom stereocenters. The van der Waals surface area contributed by atoms with Crippen LogP contribution in [-0.2, 0) is 4.79 Å². The third-order valence-corrected chi connectivity index (χ3v) is 4.65. The largest absolute Gasteiger partial charge is 0.490 e. The maximum atomic E-state index is 11.3. The van der Waals surface area contributed by atoms with Crippen molar-refractivity contribution >= 4 is 5.91 Å². The van der Waals surface area contributed by atoms with E-state index in [1.165, 1.54) is 0 Å². The molecule has 3 rings (SSSR count). The van der Waals surface area contributed by atoms with Crippen molar-refractivity contribution in [3.8, 4) is 5.75 Å². The molecule has 114 valence electrons. The molecular weight excluding hydrogens is 268 g/mol. The van der Waals surface area contributed by atoms with Gasteiger partial charge in [-0.25, -0.2) is 0 Å². The second-order valence-corrected chi connectivity index (χ2v) is 6.03. The average Bonchev–Trinajstić information content (AvgIpc) is 2.47. The fourth-order valence-electron chi connectivity index (χ4n) is 3.47. The first kappa shape index (κ1) is 14.4. The molecule has 1 amide bonds. The lowest BCUT2D eigenvalue weighted by Crippen LogP contribution is -2.47. The van der Waals surface area contributed by atoms with Gasteiger partial charge in [0.1, 0.15) is 18.5 Å². The lowest BCUT2D eigenvalue weighted by atomic mass is 9.90. The van der Waals surface area contributed by atoms with Crippen molar-refractivity contribution in [3.63, 3.8) is 0 Å². The molecule has 0 aliphatic carbocycles. The van der Waals surface area contributed by atoms with Crippen molar-refractivity contribution in [2.45, 2.75) is 31.9 Å². The van der Waals surface area contributed by atoms with E-state index in [-0.39, 0.29) is 17.9 Å². The first-order valence-corrected chi connectivity index (χ1v) is 7.51. The summed E-state index contributed by atoms with van der Waals surface area (Å²) in [7, 11) is 0. The Hall–Kier alpha value is -1.59. The number of para-hydroxylation sites is 1. The van der Waals surface area contributed by atoms with Crippen LogP contribution in [0.3, 0.4) is 0 Å². The summed E-state index contributed by atoms with van der Waals surface area (Å²) >= 11 is 0. The number of hydrogen-bond acceptors (Lipinski definition) is 4. The molecule has 5 heteroatoms. The minimum Gasteiger partial charge on any atom is -0.490 e. The van der Waals surface area contributed by atoms with E-state index in [4.69, 9.17) is 10.5 Å². The number of carbonyl (C=O) groups is 1. The minimum absolute atomic E-state index is 0.0322. The van der Waals surface area contributed by atoms with E-state index in [1.807, 2.05) is 25.1 Å². The van der Waals surface area contributed by atoms with Crippen molar-refractivity contribution in [2.75, 3.05) is 19.7 Å². The number of fused-ring (bicyclic) bond motifs is 1. The molecule has 0 bridgehead atoms. The molecule has 3 N–H and O–H groups in total. The minimum atomic E-state index is -0.538. The van der Waals surface area contributed by atoms with Crippen molar-refractivity contribution in [2.24, 2.45) is 11.7 Å². The summed E-state index contributed by atoms with van der Waals surface area (Å²) in [6.07, 6.45) is 0.991. The zero-order valence-corrected chi connectivity index (χ0v) is 12.3. The summed E-state index contributed by atoms with van der Waals surface area (Å²) < 4.78 is 5.70. The quantitative estimate of drug-likeness (QED) is 0.851. The standard InChI is InChI=1S/C16H22N2O3/c1-10-3-2-4-12-14(13(19)9-21-15(10)12)18-7-5-11(6-8-18)16(17)20/h2-4,11,13-14,19H,5-9H2,1H3,(H2,17,20). The molecule has 5 nitrogen and oxygen atoms in total. The molecule has 0 radical (unpaired) electrons. The Morgan fingerprint density at radius 1 is 1.38 bits per heavy atom. The number of carbonyl (C=O) groups excluding carboxylic acids is 1. The van der Waals surface area contributed by atoms with Crippen molar-refractivity contribution in [3.05, 3.63) is 29.3 Å². The fourth-order valence-corrected chi connectivity index (χ4v) is 3.47. The predicted octanol–water partition coefficient (Wildman–Crippen LogP) is 0.987. The highest BCUT2D eigenvalue weighted by Gasteiger charge is 2.37. The molecule has 1 aromatic carbocycles. The van der Waals surface area contributed by atoms with Crippen LogP contribution in [0.2, 0.25) is 0 Å². The van der Waals surface area contributed by atoms with Crippen LogP contribution in [0.4, 0.5) is 0 Å². The van der Waals surface area contributed by atoms with Crippen LogP contribution in [0.15, 0.2) is 18.2 Å². The Balaban J connectivity index is 1.83.